The second kappa shape index (κ2) is 9.00. The Kier molecular flexibility index (Phi) is 5.49. The Morgan fingerprint density at radius 1 is 1.08 bits per heavy atom. The number of H-pyrrole nitrogens is 1. The standard InChI is InChI=1S/C28H24N8O2/c1-16(34-27-24-21(25(29)37)13-30-26(24)31-15-32-27)22-11-17-7-6-10-20(18-12-33-35(2)14-18)23(17)28(38)36(22)19-8-4-3-5-9-19/h3-16H,1-2H3,(H2,29,37)(H2,30,31,32,34). The summed E-state index contributed by atoms with van der Waals surface area (Å²) < 4.78 is 3.43. The van der Waals surface area contributed by atoms with Crippen molar-refractivity contribution in [1.82, 2.24) is 29.3 Å². The van der Waals surface area contributed by atoms with Crippen LogP contribution in [0.2, 0.25) is 0 Å². The summed E-state index contributed by atoms with van der Waals surface area (Å²) in [6.45, 7) is 1.94. The zero-order chi connectivity index (χ0) is 26.4. The van der Waals surface area contributed by atoms with Gasteiger partial charge in [-0.15, -0.1) is 0 Å². The molecule has 0 saturated carbocycles. The SMILES string of the molecule is CC(Nc1ncnc2[nH]cc(C(N)=O)c12)c1cc2cccc(-c3cnn(C)c3)c2c(=O)n1-c1ccccc1. The van der Waals surface area contributed by atoms with E-state index in [0.29, 0.717) is 22.2 Å². The van der Waals surface area contributed by atoms with Crippen molar-refractivity contribution in [1.29, 1.82) is 0 Å². The van der Waals surface area contributed by atoms with Crippen LogP contribution in [0.25, 0.3) is 38.6 Å². The van der Waals surface area contributed by atoms with Crippen molar-refractivity contribution in [3.05, 3.63) is 101 Å². The van der Waals surface area contributed by atoms with Gasteiger partial charge in [-0.1, -0.05) is 36.4 Å². The number of primary amides is 1. The predicted octanol–water partition coefficient (Wildman–Crippen LogP) is 3.93. The Bertz CT molecular complexity index is 1880. The highest BCUT2D eigenvalue weighted by Gasteiger charge is 2.21. The molecule has 0 spiro atoms. The molecule has 0 bridgehead atoms. The number of fused-ring (bicyclic) bond motifs is 2. The van der Waals surface area contributed by atoms with Crippen LogP contribution in [0.4, 0.5) is 5.82 Å². The third-order valence-electron chi connectivity index (χ3n) is 6.64. The van der Waals surface area contributed by atoms with Crippen molar-refractivity contribution in [2.75, 3.05) is 5.32 Å². The number of para-hydroxylation sites is 1. The van der Waals surface area contributed by atoms with Gasteiger partial charge in [-0.25, -0.2) is 9.97 Å². The average molecular weight is 505 g/mol. The molecule has 2 aromatic carbocycles. The quantitative estimate of drug-likeness (QED) is 0.314. The summed E-state index contributed by atoms with van der Waals surface area (Å²) in [5.74, 6) is -0.148. The van der Waals surface area contributed by atoms with Gasteiger partial charge in [0.25, 0.3) is 11.5 Å². The topological polar surface area (TPSA) is 137 Å². The van der Waals surface area contributed by atoms with Gasteiger partial charge in [0.2, 0.25) is 0 Å². The van der Waals surface area contributed by atoms with Crippen molar-refractivity contribution in [2.45, 2.75) is 13.0 Å². The van der Waals surface area contributed by atoms with Gasteiger partial charge in [-0.05, 0) is 36.1 Å². The van der Waals surface area contributed by atoms with E-state index in [4.69, 9.17) is 5.73 Å². The van der Waals surface area contributed by atoms with E-state index >= 15 is 0 Å². The third kappa shape index (κ3) is 3.79. The number of aryl methyl sites for hydroxylation is 1. The Labute approximate surface area is 216 Å². The number of rotatable bonds is 6. The molecule has 188 valence electrons. The van der Waals surface area contributed by atoms with Crippen LogP contribution in [0.15, 0.2) is 84.3 Å². The first-order valence-corrected chi connectivity index (χ1v) is 12.0. The number of aromatic amines is 1. The second-order valence-corrected chi connectivity index (χ2v) is 9.10. The maximum atomic E-state index is 14.2. The van der Waals surface area contributed by atoms with E-state index < -0.39 is 5.91 Å². The molecule has 4 aromatic heterocycles. The summed E-state index contributed by atoms with van der Waals surface area (Å²) in [6, 6.07) is 16.9. The summed E-state index contributed by atoms with van der Waals surface area (Å²) in [5.41, 5.74) is 9.35. The highest BCUT2D eigenvalue weighted by molar-refractivity contribution is 6.09. The van der Waals surface area contributed by atoms with Crippen molar-refractivity contribution < 1.29 is 4.79 Å². The first-order chi connectivity index (χ1) is 18.4. The third-order valence-corrected chi connectivity index (χ3v) is 6.64. The molecule has 6 rings (SSSR count). The molecule has 1 atom stereocenters. The van der Waals surface area contributed by atoms with Gasteiger partial charge in [-0.2, -0.15) is 5.10 Å². The van der Waals surface area contributed by atoms with Gasteiger partial charge in [-0.3, -0.25) is 18.8 Å². The fraction of sp³-hybridized carbons (Fsp3) is 0.107. The molecule has 0 aliphatic rings. The lowest BCUT2D eigenvalue weighted by Gasteiger charge is -2.22. The lowest BCUT2D eigenvalue weighted by Crippen LogP contribution is -2.26. The van der Waals surface area contributed by atoms with Crippen molar-refractivity contribution in [3.8, 4) is 16.8 Å². The smallest absolute Gasteiger partial charge is 0.263 e. The van der Waals surface area contributed by atoms with Crippen molar-refractivity contribution in [3.63, 3.8) is 0 Å². The molecule has 1 amide bonds. The van der Waals surface area contributed by atoms with Gasteiger partial charge in [0, 0.05) is 36.4 Å². The molecular weight excluding hydrogens is 480 g/mol. The Hall–Kier alpha value is -5.25. The minimum atomic E-state index is -0.586. The summed E-state index contributed by atoms with van der Waals surface area (Å²) in [5, 5.41) is 9.58. The molecule has 6 aromatic rings. The number of hydrogen-bond acceptors (Lipinski definition) is 6. The Balaban J connectivity index is 1.56. The van der Waals surface area contributed by atoms with Crippen LogP contribution in [0, 0.1) is 0 Å². The van der Waals surface area contributed by atoms with Crippen molar-refractivity contribution >= 4 is 33.5 Å². The molecule has 10 heteroatoms. The molecule has 0 saturated heterocycles. The van der Waals surface area contributed by atoms with Crippen molar-refractivity contribution in [2.24, 2.45) is 12.8 Å². The lowest BCUT2D eigenvalue weighted by atomic mass is 9.99. The Morgan fingerprint density at radius 3 is 2.63 bits per heavy atom. The van der Waals surface area contributed by atoms with Crippen LogP contribution >= 0.6 is 0 Å². The zero-order valence-corrected chi connectivity index (χ0v) is 20.7. The number of hydrogen-bond donors (Lipinski definition) is 3. The maximum Gasteiger partial charge on any atom is 0.263 e. The van der Waals surface area contributed by atoms with E-state index in [2.05, 4.69) is 25.4 Å². The normalized spacial score (nSPS) is 12.2. The number of carbonyl (C=O) groups is 1. The number of anilines is 1. The first kappa shape index (κ1) is 23.2. The molecule has 4 N–H and O–H groups in total. The van der Waals surface area contributed by atoms with Crippen LogP contribution < -0.4 is 16.6 Å². The minimum absolute atomic E-state index is 0.149. The lowest BCUT2D eigenvalue weighted by molar-refractivity contribution is 0.100. The van der Waals surface area contributed by atoms with Crippen LogP contribution in [0.5, 0.6) is 0 Å². The maximum absolute atomic E-state index is 14.2. The van der Waals surface area contributed by atoms with Gasteiger partial charge in [0.1, 0.15) is 17.8 Å². The number of amides is 1. The molecule has 38 heavy (non-hydrogen) atoms. The number of aromatic nitrogens is 6. The summed E-state index contributed by atoms with van der Waals surface area (Å²) in [7, 11) is 1.85. The highest BCUT2D eigenvalue weighted by Crippen LogP contribution is 2.31. The van der Waals surface area contributed by atoms with E-state index in [-0.39, 0.29) is 17.2 Å². The summed E-state index contributed by atoms with van der Waals surface area (Å²) in [6.07, 6.45) is 6.58. The fourth-order valence-corrected chi connectivity index (χ4v) is 4.89. The fourth-order valence-electron chi connectivity index (χ4n) is 4.89. The van der Waals surface area contributed by atoms with E-state index in [1.807, 2.05) is 74.8 Å². The number of nitrogens with zero attached hydrogens (tertiary/aromatic N) is 5. The number of nitrogens with two attached hydrogens (primary N) is 1. The van der Waals surface area contributed by atoms with Gasteiger partial charge in [0.05, 0.1) is 28.6 Å². The molecule has 0 fully saturated rings. The number of carbonyl (C=O) groups excluding carboxylic acids is 1. The van der Waals surface area contributed by atoms with Crippen LogP contribution in [0.3, 0.4) is 0 Å². The second-order valence-electron chi connectivity index (χ2n) is 9.10. The summed E-state index contributed by atoms with van der Waals surface area (Å²) >= 11 is 0. The molecule has 0 aliphatic carbocycles. The minimum Gasteiger partial charge on any atom is -0.366 e. The molecule has 0 aliphatic heterocycles. The molecule has 0 radical (unpaired) electrons. The zero-order valence-electron chi connectivity index (χ0n) is 20.7. The largest absolute Gasteiger partial charge is 0.366 e. The predicted molar refractivity (Wildman–Crippen MR) is 146 cm³/mol. The van der Waals surface area contributed by atoms with E-state index in [9.17, 15) is 9.59 Å². The van der Waals surface area contributed by atoms with E-state index in [1.54, 1.807) is 15.4 Å². The average Bonchev–Trinajstić information content (AvgIpc) is 3.56. The van der Waals surface area contributed by atoms with Gasteiger partial charge in [0.15, 0.2) is 0 Å². The number of nitrogens with one attached hydrogen (secondary N) is 2. The van der Waals surface area contributed by atoms with Gasteiger partial charge >= 0.3 is 0 Å². The van der Waals surface area contributed by atoms with Crippen LogP contribution in [-0.2, 0) is 7.05 Å². The summed E-state index contributed by atoms with van der Waals surface area (Å²) in [4.78, 5) is 37.8. The van der Waals surface area contributed by atoms with Gasteiger partial charge < -0.3 is 16.0 Å². The molecular formula is C28H24N8O2. The molecule has 1 unspecified atom stereocenters. The number of pyridine rings is 1. The van der Waals surface area contributed by atoms with Crippen LogP contribution in [-0.4, -0.2) is 35.2 Å². The van der Waals surface area contributed by atoms with Crippen LogP contribution in [0.1, 0.15) is 29.0 Å². The number of benzene rings is 2. The molecule has 10 nitrogen and oxygen atoms in total. The van der Waals surface area contributed by atoms with E-state index in [0.717, 1.165) is 27.9 Å². The first-order valence-electron chi connectivity index (χ1n) is 12.0. The molecule has 4 heterocycles. The monoisotopic (exact) mass is 504 g/mol. The van der Waals surface area contributed by atoms with E-state index in [1.165, 1.54) is 12.5 Å². The Morgan fingerprint density at radius 2 is 1.89 bits per heavy atom. The highest BCUT2D eigenvalue weighted by atomic mass is 16.1.